The maximum atomic E-state index is 13.0. The minimum atomic E-state index is -3.92. The molecule has 5 rings (SSSR count). The van der Waals surface area contributed by atoms with Crippen LogP contribution in [0.25, 0.3) is 10.2 Å². The van der Waals surface area contributed by atoms with Gasteiger partial charge in [-0.1, -0.05) is 11.3 Å². The third kappa shape index (κ3) is 4.41. The number of hydrogen-bond acceptors (Lipinski definition) is 8. The lowest BCUT2D eigenvalue weighted by molar-refractivity contribution is -0.135. The number of aromatic nitrogens is 1. The monoisotopic (exact) mass is 491 g/mol. The minimum absolute atomic E-state index is 0.0118. The van der Waals surface area contributed by atoms with Gasteiger partial charge in [-0.2, -0.15) is 0 Å². The van der Waals surface area contributed by atoms with Crippen LogP contribution in [0.5, 0.6) is 11.5 Å². The van der Waals surface area contributed by atoms with E-state index in [4.69, 9.17) is 14.2 Å². The van der Waals surface area contributed by atoms with Crippen LogP contribution in [0.3, 0.4) is 0 Å². The van der Waals surface area contributed by atoms with E-state index in [0.29, 0.717) is 66.9 Å². The number of benzene rings is 2. The van der Waals surface area contributed by atoms with Gasteiger partial charge < -0.3 is 19.1 Å². The number of nitrogens with zero attached hydrogens (tertiary/aromatic N) is 2. The van der Waals surface area contributed by atoms with E-state index in [1.165, 1.54) is 16.7 Å². The fourth-order valence-electron chi connectivity index (χ4n) is 3.73. The van der Waals surface area contributed by atoms with Crippen LogP contribution in [0.2, 0.25) is 0 Å². The molecule has 1 amide bonds. The van der Waals surface area contributed by atoms with Gasteiger partial charge in [-0.05, 0) is 30.3 Å². The molecule has 0 radical (unpaired) electrons. The lowest BCUT2D eigenvalue weighted by atomic mass is 10.3. The van der Waals surface area contributed by atoms with Gasteiger partial charge in [0.25, 0.3) is 10.0 Å². The summed E-state index contributed by atoms with van der Waals surface area (Å²) in [5.74, 6) is 0.859. The number of ether oxygens (including phenoxy) is 3. The van der Waals surface area contributed by atoms with Crippen molar-refractivity contribution in [2.24, 2.45) is 0 Å². The van der Waals surface area contributed by atoms with E-state index in [9.17, 15) is 18.0 Å². The largest absolute Gasteiger partial charge is 0.486 e. The predicted octanol–water partition coefficient (Wildman–Crippen LogP) is 1.49. The van der Waals surface area contributed by atoms with Crippen LogP contribution < -0.4 is 19.1 Å². The molecule has 10 nitrogen and oxygen atoms in total. The van der Waals surface area contributed by atoms with Crippen molar-refractivity contribution >= 4 is 43.2 Å². The second kappa shape index (κ2) is 8.69. The zero-order chi connectivity index (χ0) is 23.0. The summed E-state index contributed by atoms with van der Waals surface area (Å²) in [5.41, 5.74) is 0.853. The van der Waals surface area contributed by atoms with Gasteiger partial charge in [0.05, 0.1) is 34.0 Å². The number of hydrogen-bond donors (Lipinski definition) is 1. The number of anilines is 1. The molecule has 1 saturated heterocycles. The molecule has 1 N–H and O–H groups in total. The fourth-order valence-corrected chi connectivity index (χ4v) is 5.81. The SMILES string of the molecule is O=C(Cn1c(=O)sc2cc(S(=O)(=O)Nc3ccc4c(c3)OCCO4)ccc21)N1CCOCC1. The van der Waals surface area contributed by atoms with Crippen molar-refractivity contribution in [2.45, 2.75) is 11.4 Å². The lowest BCUT2D eigenvalue weighted by Gasteiger charge is -2.26. The lowest BCUT2D eigenvalue weighted by Crippen LogP contribution is -2.43. The Hall–Kier alpha value is -3.09. The Kier molecular flexibility index (Phi) is 5.72. The minimum Gasteiger partial charge on any atom is -0.486 e. The van der Waals surface area contributed by atoms with Crippen LogP contribution in [0.15, 0.2) is 46.1 Å². The van der Waals surface area contributed by atoms with Crippen molar-refractivity contribution in [3.63, 3.8) is 0 Å². The van der Waals surface area contributed by atoms with Gasteiger partial charge in [0.1, 0.15) is 19.8 Å². The highest BCUT2D eigenvalue weighted by Crippen LogP contribution is 2.33. The molecule has 3 heterocycles. The molecule has 0 aliphatic carbocycles. The smallest absolute Gasteiger partial charge is 0.308 e. The van der Waals surface area contributed by atoms with Gasteiger partial charge in [0, 0.05) is 19.2 Å². The first-order chi connectivity index (χ1) is 15.9. The first-order valence-electron chi connectivity index (χ1n) is 10.3. The maximum absolute atomic E-state index is 13.0. The Balaban J connectivity index is 1.39. The summed E-state index contributed by atoms with van der Waals surface area (Å²) in [6.45, 7) is 2.67. The Morgan fingerprint density at radius 1 is 1.00 bits per heavy atom. The van der Waals surface area contributed by atoms with Crippen LogP contribution >= 0.6 is 11.3 Å². The molecule has 174 valence electrons. The molecule has 0 atom stereocenters. The second-order valence-electron chi connectivity index (χ2n) is 7.54. The van der Waals surface area contributed by atoms with Gasteiger partial charge >= 0.3 is 4.87 Å². The standard InChI is InChI=1S/C21H21N3O7S2/c25-20(23-5-7-29-8-6-23)13-24-16-3-2-15(12-19(16)32-21(24)26)33(27,28)22-14-1-4-17-18(11-14)31-10-9-30-17/h1-4,11-12,22H,5-10,13H2. The Labute approximate surface area is 193 Å². The summed E-state index contributed by atoms with van der Waals surface area (Å²) in [4.78, 5) is 26.5. The number of rotatable bonds is 5. The molecule has 0 unspecified atom stereocenters. The highest BCUT2D eigenvalue weighted by molar-refractivity contribution is 7.92. The highest BCUT2D eigenvalue weighted by atomic mass is 32.2. The molecule has 3 aromatic rings. The van der Waals surface area contributed by atoms with E-state index in [0.717, 1.165) is 11.3 Å². The molecule has 12 heteroatoms. The van der Waals surface area contributed by atoms with Gasteiger partial charge in [-0.3, -0.25) is 18.9 Å². The van der Waals surface area contributed by atoms with Gasteiger partial charge in [0.2, 0.25) is 5.91 Å². The number of fused-ring (bicyclic) bond motifs is 2. The predicted molar refractivity (Wildman–Crippen MR) is 122 cm³/mol. The fraction of sp³-hybridized carbons (Fsp3) is 0.333. The summed E-state index contributed by atoms with van der Waals surface area (Å²) in [6.07, 6.45) is 0. The molecular weight excluding hydrogens is 470 g/mol. The zero-order valence-corrected chi connectivity index (χ0v) is 19.1. The third-order valence-corrected chi connectivity index (χ3v) is 7.72. The van der Waals surface area contributed by atoms with Crippen LogP contribution in [-0.2, 0) is 26.1 Å². The number of thiazole rings is 1. The van der Waals surface area contributed by atoms with E-state index in [1.54, 1.807) is 29.2 Å². The van der Waals surface area contributed by atoms with Crippen LogP contribution in [-0.4, -0.2) is 63.3 Å². The van der Waals surface area contributed by atoms with Crippen molar-refractivity contribution in [3.8, 4) is 11.5 Å². The number of carbonyl (C=O) groups excluding carboxylic acids is 1. The molecule has 33 heavy (non-hydrogen) atoms. The topological polar surface area (TPSA) is 116 Å². The number of sulfonamides is 1. The third-order valence-electron chi connectivity index (χ3n) is 5.40. The first-order valence-corrected chi connectivity index (χ1v) is 12.6. The maximum Gasteiger partial charge on any atom is 0.308 e. The molecule has 1 fully saturated rings. The summed E-state index contributed by atoms with van der Waals surface area (Å²) in [6, 6.07) is 9.22. The van der Waals surface area contributed by atoms with Gasteiger partial charge in [-0.25, -0.2) is 8.42 Å². The Bertz CT molecular complexity index is 1370. The van der Waals surface area contributed by atoms with Gasteiger partial charge in [0.15, 0.2) is 11.5 Å². The number of morpholine rings is 1. The zero-order valence-electron chi connectivity index (χ0n) is 17.5. The first kappa shape index (κ1) is 21.7. The molecule has 0 bridgehead atoms. The Morgan fingerprint density at radius 2 is 1.76 bits per heavy atom. The van der Waals surface area contributed by atoms with E-state index in [2.05, 4.69) is 4.72 Å². The van der Waals surface area contributed by atoms with Crippen LogP contribution in [0.4, 0.5) is 5.69 Å². The highest BCUT2D eigenvalue weighted by Gasteiger charge is 2.22. The average molecular weight is 492 g/mol. The van der Waals surface area contributed by atoms with E-state index in [-0.39, 0.29) is 22.2 Å². The van der Waals surface area contributed by atoms with Crippen molar-refractivity contribution < 1.29 is 27.4 Å². The molecular formula is C21H21N3O7S2. The molecule has 1 aromatic heterocycles. The molecule has 0 saturated carbocycles. The van der Waals surface area contributed by atoms with Crippen LogP contribution in [0.1, 0.15) is 0 Å². The molecule has 2 aromatic carbocycles. The van der Waals surface area contributed by atoms with Crippen molar-refractivity contribution in [2.75, 3.05) is 44.2 Å². The average Bonchev–Trinajstić information content (AvgIpc) is 3.13. The molecule has 2 aliphatic rings. The molecule has 2 aliphatic heterocycles. The molecule has 0 spiro atoms. The van der Waals surface area contributed by atoms with Gasteiger partial charge in [-0.15, -0.1) is 0 Å². The second-order valence-corrected chi connectivity index (χ2v) is 10.2. The number of nitrogens with one attached hydrogen (secondary N) is 1. The quantitative estimate of drug-likeness (QED) is 0.575. The number of amides is 1. The van der Waals surface area contributed by atoms with E-state index < -0.39 is 10.0 Å². The van der Waals surface area contributed by atoms with E-state index in [1.807, 2.05) is 0 Å². The van der Waals surface area contributed by atoms with Crippen LogP contribution in [0, 0.1) is 0 Å². The van der Waals surface area contributed by atoms with E-state index >= 15 is 0 Å². The van der Waals surface area contributed by atoms with Crippen molar-refractivity contribution in [3.05, 3.63) is 46.1 Å². The summed E-state index contributed by atoms with van der Waals surface area (Å²) < 4.78 is 46.5. The normalized spacial score (nSPS) is 16.1. The Morgan fingerprint density at radius 3 is 2.55 bits per heavy atom. The van der Waals surface area contributed by atoms with Crippen molar-refractivity contribution in [1.29, 1.82) is 0 Å². The number of carbonyl (C=O) groups is 1. The summed E-state index contributed by atoms with van der Waals surface area (Å²) in [7, 11) is -3.92. The summed E-state index contributed by atoms with van der Waals surface area (Å²) >= 11 is 0.906. The van der Waals surface area contributed by atoms with Crippen molar-refractivity contribution in [1.82, 2.24) is 9.47 Å². The summed E-state index contributed by atoms with van der Waals surface area (Å²) in [5, 5.41) is 0.